The fourth-order valence-electron chi connectivity index (χ4n) is 3.43. The number of carbonyl (C=O) groups excluding carboxylic acids is 2. The molecular formula is C23H20N2O2. The van der Waals surface area contributed by atoms with Crippen molar-refractivity contribution in [2.45, 2.75) is 19.9 Å². The fraction of sp³-hybridized carbons (Fsp3) is 0.130. The molecule has 134 valence electrons. The van der Waals surface area contributed by atoms with Crippen LogP contribution in [-0.4, -0.2) is 11.8 Å². The maximum atomic E-state index is 12.5. The Hall–Kier alpha value is -3.40. The molecule has 0 saturated carbocycles. The van der Waals surface area contributed by atoms with Gasteiger partial charge in [-0.15, -0.1) is 0 Å². The summed E-state index contributed by atoms with van der Waals surface area (Å²) >= 11 is 0. The molecule has 1 aliphatic carbocycles. The standard InChI is InChI=1S/C23H20N2O2/c1-15(26)24-14-16-6-8-17(9-7-16)23(27)25-20-10-11-22-19(13-20)12-18-4-2-3-5-21(18)22/h2-11,13H,12,14H2,1H3,(H,24,26)(H,25,27). The summed E-state index contributed by atoms with van der Waals surface area (Å²) in [5, 5.41) is 5.72. The van der Waals surface area contributed by atoms with Crippen molar-refractivity contribution >= 4 is 17.5 Å². The second-order valence-electron chi connectivity index (χ2n) is 6.77. The molecule has 2 N–H and O–H groups in total. The summed E-state index contributed by atoms with van der Waals surface area (Å²) in [6.45, 7) is 1.94. The number of anilines is 1. The van der Waals surface area contributed by atoms with Gasteiger partial charge in [-0.05, 0) is 58.5 Å². The summed E-state index contributed by atoms with van der Waals surface area (Å²) in [6.07, 6.45) is 0.896. The van der Waals surface area contributed by atoms with Crippen LogP contribution in [0.3, 0.4) is 0 Å². The first-order valence-electron chi connectivity index (χ1n) is 8.96. The second-order valence-corrected chi connectivity index (χ2v) is 6.77. The van der Waals surface area contributed by atoms with Crippen molar-refractivity contribution in [2.24, 2.45) is 0 Å². The van der Waals surface area contributed by atoms with Crippen molar-refractivity contribution in [3.8, 4) is 11.1 Å². The molecule has 0 radical (unpaired) electrons. The van der Waals surface area contributed by atoms with Gasteiger partial charge in [0.2, 0.25) is 5.91 Å². The monoisotopic (exact) mass is 356 g/mol. The van der Waals surface area contributed by atoms with E-state index in [2.05, 4.69) is 47.0 Å². The van der Waals surface area contributed by atoms with Crippen LogP contribution in [0.25, 0.3) is 11.1 Å². The summed E-state index contributed by atoms with van der Waals surface area (Å²) in [4.78, 5) is 23.5. The van der Waals surface area contributed by atoms with Crippen LogP contribution < -0.4 is 10.6 Å². The van der Waals surface area contributed by atoms with Gasteiger partial charge in [0.05, 0.1) is 0 Å². The Kier molecular flexibility index (Phi) is 4.47. The molecule has 0 fully saturated rings. The van der Waals surface area contributed by atoms with Crippen molar-refractivity contribution in [3.05, 3.63) is 89.0 Å². The van der Waals surface area contributed by atoms with E-state index < -0.39 is 0 Å². The van der Waals surface area contributed by atoms with Crippen molar-refractivity contribution in [1.29, 1.82) is 0 Å². The molecule has 3 aromatic rings. The molecule has 3 aromatic carbocycles. The molecule has 0 heterocycles. The zero-order valence-corrected chi connectivity index (χ0v) is 15.1. The number of benzene rings is 3. The molecular weight excluding hydrogens is 336 g/mol. The Morgan fingerprint density at radius 2 is 1.63 bits per heavy atom. The lowest BCUT2D eigenvalue weighted by Gasteiger charge is -2.09. The number of nitrogens with one attached hydrogen (secondary N) is 2. The zero-order valence-electron chi connectivity index (χ0n) is 15.1. The summed E-state index contributed by atoms with van der Waals surface area (Å²) in [5.74, 6) is -0.216. The van der Waals surface area contributed by atoms with Crippen molar-refractivity contribution in [3.63, 3.8) is 0 Å². The number of carbonyl (C=O) groups is 2. The third-order valence-electron chi connectivity index (χ3n) is 4.81. The molecule has 4 rings (SSSR count). The Labute approximate surface area is 158 Å². The van der Waals surface area contributed by atoms with Gasteiger partial charge >= 0.3 is 0 Å². The highest BCUT2D eigenvalue weighted by Crippen LogP contribution is 2.37. The zero-order chi connectivity index (χ0) is 18.8. The van der Waals surface area contributed by atoms with Gasteiger partial charge in [-0.2, -0.15) is 0 Å². The summed E-state index contributed by atoms with van der Waals surface area (Å²) in [5.41, 5.74) is 7.42. The topological polar surface area (TPSA) is 58.2 Å². The highest BCUT2D eigenvalue weighted by molar-refractivity contribution is 6.04. The van der Waals surface area contributed by atoms with Gasteiger partial charge in [-0.1, -0.05) is 42.5 Å². The molecule has 27 heavy (non-hydrogen) atoms. The van der Waals surface area contributed by atoms with Crippen LogP contribution in [0, 0.1) is 0 Å². The molecule has 0 spiro atoms. The van der Waals surface area contributed by atoms with E-state index in [1.54, 1.807) is 12.1 Å². The molecule has 1 aliphatic rings. The molecule has 0 atom stereocenters. The lowest BCUT2D eigenvalue weighted by atomic mass is 10.1. The molecule has 0 unspecified atom stereocenters. The van der Waals surface area contributed by atoms with E-state index in [1.165, 1.54) is 29.2 Å². The Bertz CT molecular complexity index is 1020. The maximum absolute atomic E-state index is 12.5. The van der Waals surface area contributed by atoms with Gasteiger partial charge in [0.1, 0.15) is 0 Å². The molecule has 4 nitrogen and oxygen atoms in total. The van der Waals surface area contributed by atoms with E-state index in [0.29, 0.717) is 12.1 Å². The molecule has 2 amide bonds. The molecule has 0 aromatic heterocycles. The molecule has 0 saturated heterocycles. The van der Waals surface area contributed by atoms with Gasteiger partial charge in [-0.25, -0.2) is 0 Å². The lowest BCUT2D eigenvalue weighted by molar-refractivity contribution is -0.119. The predicted molar refractivity (Wildman–Crippen MR) is 107 cm³/mol. The SMILES string of the molecule is CC(=O)NCc1ccc(C(=O)Nc2ccc3c(c2)Cc2ccccc2-3)cc1. The minimum absolute atomic E-state index is 0.0735. The summed E-state index contributed by atoms with van der Waals surface area (Å²) < 4.78 is 0. The van der Waals surface area contributed by atoms with Crippen LogP contribution in [0.15, 0.2) is 66.7 Å². The van der Waals surface area contributed by atoms with E-state index in [9.17, 15) is 9.59 Å². The molecule has 0 aliphatic heterocycles. The van der Waals surface area contributed by atoms with E-state index >= 15 is 0 Å². The van der Waals surface area contributed by atoms with Gasteiger partial charge < -0.3 is 10.6 Å². The van der Waals surface area contributed by atoms with Gasteiger partial charge in [0, 0.05) is 24.7 Å². The van der Waals surface area contributed by atoms with Gasteiger partial charge in [0.15, 0.2) is 0 Å². The first-order chi connectivity index (χ1) is 13.1. The Morgan fingerprint density at radius 3 is 2.41 bits per heavy atom. The molecule has 0 bridgehead atoms. The highest BCUT2D eigenvalue weighted by atomic mass is 16.2. The van der Waals surface area contributed by atoms with Crippen LogP contribution in [0.5, 0.6) is 0 Å². The summed E-state index contributed by atoms with van der Waals surface area (Å²) in [7, 11) is 0. The quantitative estimate of drug-likeness (QED) is 0.577. The van der Waals surface area contributed by atoms with E-state index in [1.807, 2.05) is 18.2 Å². The number of hydrogen-bond donors (Lipinski definition) is 2. The number of hydrogen-bond acceptors (Lipinski definition) is 2. The van der Waals surface area contributed by atoms with E-state index in [-0.39, 0.29) is 11.8 Å². The van der Waals surface area contributed by atoms with E-state index in [0.717, 1.165) is 17.7 Å². The van der Waals surface area contributed by atoms with Crippen molar-refractivity contribution < 1.29 is 9.59 Å². The first kappa shape index (κ1) is 17.0. The second kappa shape index (κ2) is 7.08. The minimum Gasteiger partial charge on any atom is -0.352 e. The van der Waals surface area contributed by atoms with Crippen LogP contribution in [0.2, 0.25) is 0 Å². The number of amides is 2. The highest BCUT2D eigenvalue weighted by Gasteiger charge is 2.18. The van der Waals surface area contributed by atoms with Crippen molar-refractivity contribution in [2.75, 3.05) is 5.32 Å². The van der Waals surface area contributed by atoms with Crippen LogP contribution in [-0.2, 0) is 17.8 Å². The average molecular weight is 356 g/mol. The largest absolute Gasteiger partial charge is 0.352 e. The number of fused-ring (bicyclic) bond motifs is 3. The lowest BCUT2D eigenvalue weighted by Crippen LogP contribution is -2.19. The first-order valence-corrected chi connectivity index (χ1v) is 8.96. The third kappa shape index (κ3) is 3.60. The molecule has 4 heteroatoms. The average Bonchev–Trinajstić information content (AvgIpc) is 3.04. The normalized spacial score (nSPS) is 11.4. The Morgan fingerprint density at radius 1 is 0.889 bits per heavy atom. The third-order valence-corrected chi connectivity index (χ3v) is 4.81. The predicted octanol–water partition coefficient (Wildman–Crippen LogP) is 4.15. The Balaban J connectivity index is 1.46. The van der Waals surface area contributed by atoms with Gasteiger partial charge in [-0.3, -0.25) is 9.59 Å². The van der Waals surface area contributed by atoms with Gasteiger partial charge in [0.25, 0.3) is 5.91 Å². The minimum atomic E-state index is -0.142. The van der Waals surface area contributed by atoms with Crippen molar-refractivity contribution in [1.82, 2.24) is 5.32 Å². The van der Waals surface area contributed by atoms with Crippen LogP contribution in [0.1, 0.15) is 34.0 Å². The van der Waals surface area contributed by atoms with Crippen LogP contribution >= 0.6 is 0 Å². The number of rotatable bonds is 4. The summed E-state index contributed by atoms with van der Waals surface area (Å²) in [6, 6.07) is 21.7. The maximum Gasteiger partial charge on any atom is 0.255 e. The smallest absolute Gasteiger partial charge is 0.255 e. The van der Waals surface area contributed by atoms with Crippen LogP contribution in [0.4, 0.5) is 5.69 Å². The van der Waals surface area contributed by atoms with E-state index in [4.69, 9.17) is 0 Å². The fourth-order valence-corrected chi connectivity index (χ4v) is 3.43.